The Morgan fingerprint density at radius 2 is 2.08 bits per heavy atom. The second kappa shape index (κ2) is 7.12. The van der Waals surface area contributed by atoms with Crippen molar-refractivity contribution in [1.29, 1.82) is 10.5 Å². The number of β-amino-alcohol motifs (C(OH)–C–C–N with tert-alkyl or cyclic N) is 1. The van der Waals surface area contributed by atoms with E-state index in [-0.39, 0.29) is 18.1 Å². The minimum atomic E-state index is -0.670. The Morgan fingerprint density at radius 1 is 1.24 bits per heavy atom. The van der Waals surface area contributed by atoms with E-state index >= 15 is 0 Å². The third-order valence-corrected chi connectivity index (χ3v) is 4.37. The molecule has 0 spiro atoms. The number of aliphatic hydroxyl groups is 1. The molecule has 0 bridgehead atoms. The zero-order valence-corrected chi connectivity index (χ0v) is 13.5. The number of aliphatic hydroxyl groups excluding tert-OH is 1. The summed E-state index contributed by atoms with van der Waals surface area (Å²) in [4.78, 5) is 18.5. The standard InChI is InChI=1S/C19H16N4O2/c20-9-13-3-1-4-14(7-13)17(24)8-16-11-23(12-18(16)25)19-15(10-21)5-2-6-22-19/h1-7,16,18,25H,8,11-12H2. The highest BCUT2D eigenvalue weighted by Gasteiger charge is 2.34. The highest BCUT2D eigenvalue weighted by atomic mass is 16.3. The van der Waals surface area contributed by atoms with Crippen molar-refractivity contribution in [2.45, 2.75) is 12.5 Å². The van der Waals surface area contributed by atoms with Crippen LogP contribution in [0.15, 0.2) is 42.6 Å². The topological polar surface area (TPSA) is 101 Å². The lowest BCUT2D eigenvalue weighted by molar-refractivity contribution is 0.0894. The van der Waals surface area contributed by atoms with Gasteiger partial charge in [0.25, 0.3) is 0 Å². The van der Waals surface area contributed by atoms with E-state index in [1.165, 1.54) is 0 Å². The van der Waals surface area contributed by atoms with E-state index in [9.17, 15) is 15.2 Å². The van der Waals surface area contributed by atoms with Gasteiger partial charge in [0.05, 0.1) is 23.3 Å². The molecule has 0 aliphatic carbocycles. The Balaban J connectivity index is 1.73. The van der Waals surface area contributed by atoms with Crippen LogP contribution in [0.1, 0.15) is 27.9 Å². The number of rotatable bonds is 4. The molecule has 6 nitrogen and oxygen atoms in total. The molecular weight excluding hydrogens is 316 g/mol. The van der Waals surface area contributed by atoms with Crippen molar-refractivity contribution < 1.29 is 9.90 Å². The van der Waals surface area contributed by atoms with Crippen LogP contribution in [0, 0.1) is 28.6 Å². The minimum Gasteiger partial charge on any atom is -0.391 e. The molecule has 1 aliphatic heterocycles. The molecule has 1 N–H and O–H groups in total. The van der Waals surface area contributed by atoms with E-state index in [0.717, 1.165) is 0 Å². The number of carbonyl (C=O) groups excluding carboxylic acids is 1. The third kappa shape index (κ3) is 3.50. The molecule has 1 aliphatic rings. The number of nitriles is 2. The van der Waals surface area contributed by atoms with Crippen LogP contribution in [-0.4, -0.2) is 35.1 Å². The molecule has 25 heavy (non-hydrogen) atoms. The van der Waals surface area contributed by atoms with Crippen LogP contribution >= 0.6 is 0 Å². The van der Waals surface area contributed by atoms with Crippen molar-refractivity contribution in [3.05, 3.63) is 59.3 Å². The van der Waals surface area contributed by atoms with Crippen molar-refractivity contribution in [3.63, 3.8) is 0 Å². The van der Waals surface area contributed by atoms with Crippen LogP contribution in [0.4, 0.5) is 5.82 Å². The number of anilines is 1. The SMILES string of the molecule is N#Cc1cccc(C(=O)CC2CN(c3ncccc3C#N)CC2O)c1. The number of aromatic nitrogens is 1. The average molecular weight is 332 g/mol. The molecule has 0 amide bonds. The second-order valence-electron chi connectivity index (χ2n) is 6.04. The summed E-state index contributed by atoms with van der Waals surface area (Å²) in [5, 5.41) is 28.5. The summed E-state index contributed by atoms with van der Waals surface area (Å²) >= 11 is 0. The first kappa shape index (κ1) is 16.6. The van der Waals surface area contributed by atoms with Crippen LogP contribution in [0.5, 0.6) is 0 Å². The maximum Gasteiger partial charge on any atom is 0.163 e. The minimum absolute atomic E-state index is 0.107. The van der Waals surface area contributed by atoms with Gasteiger partial charge in [0.1, 0.15) is 11.9 Å². The Bertz CT molecular complexity index is 881. The zero-order valence-electron chi connectivity index (χ0n) is 13.5. The molecule has 1 saturated heterocycles. The summed E-state index contributed by atoms with van der Waals surface area (Å²) in [6.45, 7) is 0.790. The van der Waals surface area contributed by atoms with Gasteiger partial charge in [0, 0.05) is 37.2 Å². The summed E-state index contributed by atoms with van der Waals surface area (Å²) in [7, 11) is 0. The molecule has 0 radical (unpaired) electrons. The normalized spacial score (nSPS) is 19.2. The van der Waals surface area contributed by atoms with Crippen molar-refractivity contribution in [3.8, 4) is 12.1 Å². The number of hydrogen-bond donors (Lipinski definition) is 1. The first-order valence-corrected chi connectivity index (χ1v) is 7.94. The van der Waals surface area contributed by atoms with Crippen molar-refractivity contribution in [2.75, 3.05) is 18.0 Å². The zero-order chi connectivity index (χ0) is 17.8. The van der Waals surface area contributed by atoms with Crippen molar-refractivity contribution in [2.24, 2.45) is 5.92 Å². The molecule has 2 unspecified atom stereocenters. The number of ketones is 1. The molecule has 1 aromatic carbocycles. The quantitative estimate of drug-likeness (QED) is 0.858. The van der Waals surface area contributed by atoms with Gasteiger partial charge in [-0.25, -0.2) is 4.98 Å². The fraction of sp³-hybridized carbons (Fsp3) is 0.263. The molecule has 2 aromatic rings. The van der Waals surface area contributed by atoms with Crippen LogP contribution in [-0.2, 0) is 0 Å². The molecule has 1 fully saturated rings. The Kier molecular flexibility index (Phi) is 4.74. The molecular formula is C19H16N4O2. The average Bonchev–Trinajstić information content (AvgIpc) is 3.02. The van der Waals surface area contributed by atoms with Crippen LogP contribution in [0.2, 0.25) is 0 Å². The van der Waals surface area contributed by atoms with Crippen LogP contribution in [0.3, 0.4) is 0 Å². The van der Waals surface area contributed by atoms with E-state index in [1.807, 2.05) is 11.0 Å². The lowest BCUT2D eigenvalue weighted by Crippen LogP contribution is -2.23. The number of pyridine rings is 1. The largest absolute Gasteiger partial charge is 0.391 e. The Labute approximate surface area is 145 Å². The van der Waals surface area contributed by atoms with E-state index in [4.69, 9.17) is 5.26 Å². The number of carbonyl (C=O) groups is 1. The van der Waals surface area contributed by atoms with Gasteiger partial charge in [-0.15, -0.1) is 0 Å². The number of nitrogens with zero attached hydrogens (tertiary/aromatic N) is 4. The monoisotopic (exact) mass is 332 g/mol. The molecule has 2 heterocycles. The molecule has 2 atom stereocenters. The number of hydrogen-bond acceptors (Lipinski definition) is 6. The third-order valence-electron chi connectivity index (χ3n) is 4.37. The Hall–Kier alpha value is -3.22. The van der Waals surface area contributed by atoms with E-state index in [2.05, 4.69) is 11.1 Å². The first-order chi connectivity index (χ1) is 12.1. The lowest BCUT2D eigenvalue weighted by Gasteiger charge is -2.17. The lowest BCUT2D eigenvalue weighted by atomic mass is 9.95. The van der Waals surface area contributed by atoms with E-state index < -0.39 is 6.10 Å². The highest BCUT2D eigenvalue weighted by molar-refractivity contribution is 5.96. The predicted octanol–water partition coefficient (Wildman–Crippen LogP) is 1.90. The maximum absolute atomic E-state index is 12.5. The highest BCUT2D eigenvalue weighted by Crippen LogP contribution is 2.28. The summed E-state index contributed by atoms with van der Waals surface area (Å²) in [6.07, 6.45) is 1.12. The van der Waals surface area contributed by atoms with E-state index in [1.54, 1.807) is 42.6 Å². The van der Waals surface area contributed by atoms with Gasteiger partial charge in [-0.3, -0.25) is 4.79 Å². The van der Waals surface area contributed by atoms with Gasteiger partial charge in [0.2, 0.25) is 0 Å². The number of benzene rings is 1. The van der Waals surface area contributed by atoms with Crippen molar-refractivity contribution in [1.82, 2.24) is 4.98 Å². The predicted molar refractivity (Wildman–Crippen MR) is 90.8 cm³/mol. The summed E-state index contributed by atoms with van der Waals surface area (Å²) in [6, 6.07) is 14.1. The number of Topliss-reactive ketones (excluding diaryl/α,β-unsaturated/α-hetero) is 1. The fourth-order valence-corrected chi connectivity index (χ4v) is 3.08. The van der Waals surface area contributed by atoms with Gasteiger partial charge in [0.15, 0.2) is 5.78 Å². The first-order valence-electron chi connectivity index (χ1n) is 7.94. The molecule has 3 rings (SSSR count). The molecule has 1 aromatic heterocycles. The van der Waals surface area contributed by atoms with Gasteiger partial charge in [-0.2, -0.15) is 10.5 Å². The molecule has 124 valence electrons. The summed E-state index contributed by atoms with van der Waals surface area (Å²) in [5.41, 5.74) is 1.36. The van der Waals surface area contributed by atoms with Gasteiger partial charge in [-0.1, -0.05) is 12.1 Å². The summed E-state index contributed by atoms with van der Waals surface area (Å²) in [5.74, 6) is 0.182. The van der Waals surface area contributed by atoms with Gasteiger partial charge in [-0.05, 0) is 24.3 Å². The summed E-state index contributed by atoms with van der Waals surface area (Å²) < 4.78 is 0. The van der Waals surface area contributed by atoms with Crippen LogP contribution in [0.25, 0.3) is 0 Å². The smallest absolute Gasteiger partial charge is 0.163 e. The second-order valence-corrected chi connectivity index (χ2v) is 6.04. The van der Waals surface area contributed by atoms with Gasteiger partial charge >= 0.3 is 0 Å². The Morgan fingerprint density at radius 3 is 2.84 bits per heavy atom. The van der Waals surface area contributed by atoms with E-state index in [0.29, 0.717) is 35.6 Å². The van der Waals surface area contributed by atoms with Gasteiger partial charge < -0.3 is 10.0 Å². The van der Waals surface area contributed by atoms with Crippen LogP contribution < -0.4 is 4.90 Å². The fourth-order valence-electron chi connectivity index (χ4n) is 3.08. The van der Waals surface area contributed by atoms with Crippen molar-refractivity contribution >= 4 is 11.6 Å². The molecule has 6 heteroatoms. The maximum atomic E-state index is 12.5. The molecule has 0 saturated carbocycles.